The Balaban J connectivity index is 1.88. The minimum Gasteiger partial charge on any atom is -0.493 e. The Morgan fingerprint density at radius 2 is 1.82 bits per heavy atom. The van der Waals surface area contributed by atoms with Gasteiger partial charge in [-0.2, -0.15) is 24.9 Å². The van der Waals surface area contributed by atoms with Crippen molar-refractivity contribution in [2.24, 2.45) is 0 Å². The summed E-state index contributed by atoms with van der Waals surface area (Å²) >= 11 is 1.08. The van der Waals surface area contributed by atoms with Gasteiger partial charge >= 0.3 is 6.18 Å². The Hall–Kier alpha value is -2.45. The number of thioether (sulfide) groups is 1. The van der Waals surface area contributed by atoms with Crippen LogP contribution in [-0.4, -0.2) is 39.0 Å². The van der Waals surface area contributed by atoms with Gasteiger partial charge in [0.05, 0.1) is 18.2 Å². The molecule has 0 bridgehead atoms. The molecule has 0 fully saturated rings. The number of rotatable bonds is 6. The van der Waals surface area contributed by atoms with Crippen LogP contribution in [0.1, 0.15) is 43.6 Å². The molecule has 2 heterocycles. The van der Waals surface area contributed by atoms with E-state index in [-0.39, 0.29) is 0 Å². The number of hydrogen-bond donors (Lipinski definition) is 2. The third-order valence-electron chi connectivity index (χ3n) is 5.92. The molecule has 2 unspecified atom stereocenters. The van der Waals surface area contributed by atoms with Crippen molar-refractivity contribution >= 4 is 28.4 Å². The smallest absolute Gasteiger partial charge is 0.420 e. The Kier molecular flexibility index (Phi) is 6.50. The van der Waals surface area contributed by atoms with Crippen LogP contribution < -0.4 is 10.1 Å². The number of anilines is 1. The molecule has 34 heavy (non-hydrogen) atoms. The van der Waals surface area contributed by atoms with Crippen LogP contribution in [0.15, 0.2) is 48.5 Å². The number of alkyl halides is 3. The van der Waals surface area contributed by atoms with Crippen LogP contribution in [0.5, 0.6) is 5.75 Å². The number of para-hydroxylation sites is 1. The van der Waals surface area contributed by atoms with E-state index in [9.17, 15) is 18.3 Å². The molecule has 0 amide bonds. The van der Waals surface area contributed by atoms with E-state index >= 15 is 0 Å². The molecule has 3 aromatic rings. The van der Waals surface area contributed by atoms with Gasteiger partial charge in [0, 0.05) is 39.3 Å². The lowest BCUT2D eigenvalue weighted by Crippen LogP contribution is -2.55. The fourth-order valence-corrected chi connectivity index (χ4v) is 5.10. The normalized spacial score (nSPS) is 16.6. The van der Waals surface area contributed by atoms with Gasteiger partial charge in [-0.05, 0) is 36.8 Å². The number of aromatic nitrogens is 1. The van der Waals surface area contributed by atoms with Crippen molar-refractivity contribution in [2.75, 3.05) is 17.7 Å². The van der Waals surface area contributed by atoms with E-state index in [1.54, 1.807) is 24.3 Å². The average molecular weight is 491 g/mol. The van der Waals surface area contributed by atoms with Gasteiger partial charge in [-0.25, -0.2) is 0 Å². The molecular formula is C26H29F3N2O2S. The lowest BCUT2D eigenvalue weighted by atomic mass is 9.87. The number of aryl methyl sites for hydroxylation is 1. The van der Waals surface area contributed by atoms with E-state index in [0.717, 1.165) is 23.0 Å². The first-order chi connectivity index (χ1) is 15.9. The molecule has 0 spiro atoms. The van der Waals surface area contributed by atoms with Gasteiger partial charge in [0.1, 0.15) is 5.75 Å². The maximum absolute atomic E-state index is 14.7. The lowest BCUT2D eigenvalue weighted by Gasteiger charge is -2.40. The van der Waals surface area contributed by atoms with Crippen molar-refractivity contribution in [3.63, 3.8) is 0 Å². The SMILES string of the molecule is Cc1ccc2c(NC(c3cccc4c3OCC4)C(O)(CSC(C)(C)C)C(F)(F)F)cccc2n1. The number of halogens is 3. The number of hydrogen-bond acceptors (Lipinski definition) is 5. The van der Waals surface area contributed by atoms with E-state index in [0.29, 0.717) is 40.9 Å². The molecule has 182 valence electrons. The molecule has 2 atom stereocenters. The van der Waals surface area contributed by atoms with Gasteiger partial charge in [-0.3, -0.25) is 4.98 Å². The zero-order valence-electron chi connectivity index (χ0n) is 19.7. The minimum atomic E-state index is -4.90. The molecule has 0 saturated heterocycles. The summed E-state index contributed by atoms with van der Waals surface area (Å²) < 4.78 is 49.3. The second kappa shape index (κ2) is 8.96. The molecule has 2 aromatic carbocycles. The summed E-state index contributed by atoms with van der Waals surface area (Å²) in [5.41, 5.74) is 0.0106. The Labute approximate surface area is 201 Å². The first-order valence-electron chi connectivity index (χ1n) is 11.2. The van der Waals surface area contributed by atoms with E-state index in [2.05, 4.69) is 10.3 Å². The predicted octanol–water partition coefficient (Wildman–Crippen LogP) is 6.46. The minimum absolute atomic E-state index is 0.293. The van der Waals surface area contributed by atoms with E-state index < -0.39 is 28.3 Å². The second-order valence-electron chi connectivity index (χ2n) is 9.66. The van der Waals surface area contributed by atoms with Gasteiger partial charge < -0.3 is 15.2 Å². The quantitative estimate of drug-likeness (QED) is 0.416. The van der Waals surface area contributed by atoms with Gasteiger partial charge in [0.2, 0.25) is 0 Å². The van der Waals surface area contributed by atoms with E-state index in [1.807, 2.05) is 52.0 Å². The number of ether oxygens (including phenoxy) is 1. The highest BCUT2D eigenvalue weighted by Gasteiger charge is 2.60. The first-order valence-corrected chi connectivity index (χ1v) is 12.2. The molecule has 0 aliphatic carbocycles. The summed E-state index contributed by atoms with van der Waals surface area (Å²) in [7, 11) is 0. The first kappa shape index (κ1) is 24.7. The highest BCUT2D eigenvalue weighted by atomic mass is 32.2. The highest BCUT2D eigenvalue weighted by molar-refractivity contribution is 8.00. The number of aliphatic hydroxyl groups is 1. The zero-order chi connectivity index (χ0) is 24.7. The number of fused-ring (bicyclic) bond motifs is 2. The lowest BCUT2D eigenvalue weighted by molar-refractivity contribution is -0.256. The molecule has 1 aliphatic heterocycles. The third-order valence-corrected chi connectivity index (χ3v) is 7.37. The van der Waals surface area contributed by atoms with Crippen LogP contribution in [-0.2, 0) is 6.42 Å². The molecule has 4 nitrogen and oxygen atoms in total. The summed E-state index contributed by atoms with van der Waals surface area (Å²) in [4.78, 5) is 4.50. The number of pyridine rings is 1. The number of nitrogens with zero attached hydrogens (tertiary/aromatic N) is 1. The van der Waals surface area contributed by atoms with Crippen LogP contribution in [0.25, 0.3) is 10.9 Å². The van der Waals surface area contributed by atoms with E-state index in [4.69, 9.17) is 4.74 Å². The summed E-state index contributed by atoms with van der Waals surface area (Å²) in [5.74, 6) is -0.124. The van der Waals surface area contributed by atoms with Gasteiger partial charge in [0.25, 0.3) is 0 Å². The van der Waals surface area contributed by atoms with Crippen LogP contribution in [0.3, 0.4) is 0 Å². The highest BCUT2D eigenvalue weighted by Crippen LogP contribution is 2.49. The Bertz CT molecular complexity index is 1190. The standard InChI is InChI=1S/C26H29F3N2O2S/c1-16-11-12-18-20(30-16)9-6-10-21(18)31-23(19-8-5-7-17-13-14-33-22(17)19)25(32,26(27,28)29)15-34-24(2,3)4/h5-12,23,31-32H,13-15H2,1-4H3. The monoisotopic (exact) mass is 490 g/mol. The maximum atomic E-state index is 14.7. The fraction of sp³-hybridized carbons (Fsp3) is 0.423. The van der Waals surface area contributed by atoms with E-state index in [1.165, 1.54) is 0 Å². The summed E-state index contributed by atoms with van der Waals surface area (Å²) in [6.45, 7) is 7.76. The number of benzene rings is 2. The van der Waals surface area contributed by atoms with Crippen LogP contribution in [0.2, 0.25) is 0 Å². The molecule has 0 radical (unpaired) electrons. The van der Waals surface area contributed by atoms with Crippen molar-refractivity contribution in [3.05, 3.63) is 65.4 Å². The van der Waals surface area contributed by atoms with Gasteiger partial charge in [-0.15, -0.1) is 0 Å². The Morgan fingerprint density at radius 3 is 2.53 bits per heavy atom. The van der Waals surface area contributed by atoms with Crippen molar-refractivity contribution < 1.29 is 23.0 Å². The fourth-order valence-electron chi connectivity index (χ4n) is 4.12. The maximum Gasteiger partial charge on any atom is 0.420 e. The predicted molar refractivity (Wildman–Crippen MR) is 132 cm³/mol. The van der Waals surface area contributed by atoms with Gasteiger partial charge in [0.15, 0.2) is 5.60 Å². The Morgan fingerprint density at radius 1 is 1.09 bits per heavy atom. The molecule has 2 N–H and O–H groups in total. The molecule has 4 rings (SSSR count). The summed E-state index contributed by atoms with van der Waals surface area (Å²) in [6, 6.07) is 12.6. The van der Waals surface area contributed by atoms with Crippen molar-refractivity contribution in [3.8, 4) is 5.75 Å². The molecule has 0 saturated carbocycles. The zero-order valence-corrected chi connectivity index (χ0v) is 20.5. The third kappa shape index (κ3) is 4.84. The molecule has 8 heteroatoms. The summed E-state index contributed by atoms with van der Waals surface area (Å²) in [6.07, 6.45) is -4.28. The van der Waals surface area contributed by atoms with Crippen molar-refractivity contribution in [2.45, 2.75) is 56.7 Å². The average Bonchev–Trinajstić information content (AvgIpc) is 3.23. The topological polar surface area (TPSA) is 54.4 Å². The van der Waals surface area contributed by atoms with Crippen LogP contribution >= 0.6 is 11.8 Å². The molecule has 1 aromatic heterocycles. The number of nitrogens with one attached hydrogen (secondary N) is 1. The largest absolute Gasteiger partial charge is 0.493 e. The second-order valence-corrected chi connectivity index (χ2v) is 11.5. The van der Waals surface area contributed by atoms with Crippen molar-refractivity contribution in [1.29, 1.82) is 0 Å². The van der Waals surface area contributed by atoms with Gasteiger partial charge in [-0.1, -0.05) is 45.0 Å². The van der Waals surface area contributed by atoms with Crippen LogP contribution in [0, 0.1) is 6.92 Å². The summed E-state index contributed by atoms with van der Waals surface area (Å²) in [5, 5.41) is 15.2. The molecular weight excluding hydrogens is 461 g/mol. The molecule has 1 aliphatic rings. The van der Waals surface area contributed by atoms with Crippen LogP contribution in [0.4, 0.5) is 18.9 Å². The van der Waals surface area contributed by atoms with Crippen molar-refractivity contribution in [1.82, 2.24) is 4.98 Å².